The Morgan fingerprint density at radius 1 is 1.15 bits per heavy atom. The molecule has 1 aliphatic carbocycles. The average molecular weight is 509 g/mol. The molecule has 5 rings (SSSR count). The van der Waals surface area contributed by atoms with Crippen LogP contribution < -0.4 is 5.32 Å². The first-order valence-corrected chi connectivity index (χ1v) is 13.0. The standard InChI is InChI=1S/C25H20N2O4S3/c1-14-5-3-4-6-16(14)13-31-24(30)26-22-15(2)27-34-18(22)8-7-17-11-19-20(32-17)12-21(33-19)25(9-10-25)23(28)29/h3-6,11-12H,9-10,13H2,1-2H3,(H,26,30)(H,28,29). The molecule has 1 fully saturated rings. The number of carbonyl (C=O) groups excluding carboxylic acids is 1. The van der Waals surface area contributed by atoms with Crippen LogP contribution in [-0.2, 0) is 21.6 Å². The Morgan fingerprint density at radius 3 is 2.62 bits per heavy atom. The molecule has 2 N–H and O–H groups in total. The summed E-state index contributed by atoms with van der Waals surface area (Å²) in [6.45, 7) is 3.98. The number of ether oxygens (including phenoxy) is 1. The van der Waals surface area contributed by atoms with Crippen LogP contribution in [0.2, 0.25) is 0 Å². The number of fused-ring (bicyclic) bond motifs is 1. The number of amides is 1. The van der Waals surface area contributed by atoms with Crippen molar-refractivity contribution in [2.45, 2.75) is 38.7 Å². The van der Waals surface area contributed by atoms with Gasteiger partial charge in [0.05, 0.1) is 16.3 Å². The molecule has 172 valence electrons. The van der Waals surface area contributed by atoms with E-state index in [-0.39, 0.29) is 6.61 Å². The third-order valence-corrected chi connectivity index (χ3v) is 9.11. The molecule has 0 bridgehead atoms. The lowest BCUT2D eigenvalue weighted by Crippen LogP contribution is -2.17. The number of hydrogen-bond donors (Lipinski definition) is 2. The van der Waals surface area contributed by atoms with Gasteiger partial charge in [-0.05, 0) is 73.3 Å². The van der Waals surface area contributed by atoms with Crippen LogP contribution in [0.4, 0.5) is 10.5 Å². The number of thiophene rings is 2. The predicted octanol–water partition coefficient (Wildman–Crippen LogP) is 6.30. The Kier molecular flexibility index (Phi) is 5.90. The van der Waals surface area contributed by atoms with Crippen LogP contribution in [0.3, 0.4) is 0 Å². The van der Waals surface area contributed by atoms with E-state index in [9.17, 15) is 14.7 Å². The number of aryl methyl sites for hydroxylation is 2. The van der Waals surface area contributed by atoms with E-state index < -0.39 is 17.5 Å². The highest BCUT2D eigenvalue weighted by Crippen LogP contribution is 2.52. The summed E-state index contributed by atoms with van der Waals surface area (Å²) in [4.78, 5) is 26.4. The van der Waals surface area contributed by atoms with Gasteiger partial charge in [-0.25, -0.2) is 4.79 Å². The Morgan fingerprint density at radius 2 is 1.91 bits per heavy atom. The van der Waals surface area contributed by atoms with Gasteiger partial charge in [0.1, 0.15) is 16.9 Å². The van der Waals surface area contributed by atoms with Gasteiger partial charge in [0, 0.05) is 14.3 Å². The van der Waals surface area contributed by atoms with Gasteiger partial charge in [0.2, 0.25) is 0 Å². The number of rotatable bonds is 5. The number of aromatic nitrogens is 1. The van der Waals surface area contributed by atoms with E-state index in [1.54, 1.807) is 11.3 Å². The second-order valence-corrected chi connectivity index (χ2v) is 11.1. The molecule has 0 atom stereocenters. The third kappa shape index (κ3) is 4.32. The summed E-state index contributed by atoms with van der Waals surface area (Å²) in [5.41, 5.74) is 2.58. The van der Waals surface area contributed by atoms with E-state index in [4.69, 9.17) is 4.74 Å². The van der Waals surface area contributed by atoms with E-state index in [2.05, 4.69) is 21.5 Å². The number of aliphatic carboxylic acids is 1. The number of benzene rings is 1. The van der Waals surface area contributed by atoms with Crippen molar-refractivity contribution in [3.63, 3.8) is 0 Å². The van der Waals surface area contributed by atoms with Crippen molar-refractivity contribution in [3.8, 4) is 11.8 Å². The number of nitrogens with one attached hydrogen (secondary N) is 1. The Bertz CT molecular complexity index is 1450. The molecule has 0 spiro atoms. The summed E-state index contributed by atoms with van der Waals surface area (Å²) >= 11 is 4.31. The zero-order valence-electron chi connectivity index (χ0n) is 18.4. The minimum absolute atomic E-state index is 0.188. The first-order chi connectivity index (χ1) is 16.4. The fourth-order valence-corrected chi connectivity index (χ4v) is 6.79. The lowest BCUT2D eigenvalue weighted by molar-refractivity contribution is -0.139. The fraction of sp³-hybridized carbons (Fsp3) is 0.240. The van der Waals surface area contributed by atoms with Crippen LogP contribution in [0, 0.1) is 25.7 Å². The molecule has 3 heterocycles. The third-order valence-electron chi connectivity index (χ3n) is 5.85. The number of anilines is 1. The van der Waals surface area contributed by atoms with Gasteiger partial charge >= 0.3 is 12.1 Å². The molecule has 4 aromatic rings. The first kappa shape index (κ1) is 22.6. The lowest BCUT2D eigenvalue weighted by atomic mass is 10.1. The van der Waals surface area contributed by atoms with Crippen LogP contribution in [-0.4, -0.2) is 21.5 Å². The summed E-state index contributed by atoms with van der Waals surface area (Å²) in [6.07, 6.45) is 0.860. The summed E-state index contributed by atoms with van der Waals surface area (Å²) < 4.78 is 11.8. The molecule has 1 amide bonds. The van der Waals surface area contributed by atoms with E-state index in [1.165, 1.54) is 22.9 Å². The highest BCUT2D eigenvalue weighted by molar-refractivity contribution is 7.28. The molecule has 1 aliphatic rings. The minimum atomic E-state index is -0.737. The van der Waals surface area contributed by atoms with Gasteiger partial charge in [-0.15, -0.1) is 22.7 Å². The van der Waals surface area contributed by atoms with Crippen LogP contribution >= 0.6 is 34.2 Å². The highest BCUT2D eigenvalue weighted by Gasteiger charge is 2.53. The highest BCUT2D eigenvalue weighted by atomic mass is 32.1. The zero-order chi connectivity index (χ0) is 23.9. The normalized spacial score (nSPS) is 13.8. The van der Waals surface area contributed by atoms with Crippen molar-refractivity contribution in [1.82, 2.24) is 4.37 Å². The maximum absolute atomic E-state index is 12.4. The molecule has 9 heteroatoms. The molecule has 6 nitrogen and oxygen atoms in total. The molecular formula is C25H20N2O4S3. The summed E-state index contributed by atoms with van der Waals surface area (Å²) in [5, 5.41) is 12.3. The Balaban J connectivity index is 1.29. The first-order valence-electron chi connectivity index (χ1n) is 10.6. The molecule has 1 saturated carbocycles. The van der Waals surface area contributed by atoms with Crippen molar-refractivity contribution >= 4 is 61.4 Å². The maximum atomic E-state index is 12.4. The summed E-state index contributed by atoms with van der Waals surface area (Å²) in [5.74, 6) is 5.55. The number of carbonyl (C=O) groups is 2. The zero-order valence-corrected chi connectivity index (χ0v) is 20.9. The van der Waals surface area contributed by atoms with Gasteiger partial charge in [-0.1, -0.05) is 24.3 Å². The molecular weight excluding hydrogens is 488 g/mol. The van der Waals surface area contributed by atoms with E-state index >= 15 is 0 Å². The Hall–Kier alpha value is -3.19. The van der Waals surface area contributed by atoms with Crippen LogP contribution in [0.15, 0.2) is 36.4 Å². The van der Waals surface area contributed by atoms with Crippen molar-refractivity contribution < 1.29 is 19.4 Å². The van der Waals surface area contributed by atoms with Gasteiger partial charge < -0.3 is 9.84 Å². The van der Waals surface area contributed by atoms with Gasteiger partial charge in [0.15, 0.2) is 0 Å². The maximum Gasteiger partial charge on any atom is 0.412 e. The van der Waals surface area contributed by atoms with Gasteiger partial charge in [-0.2, -0.15) is 4.37 Å². The monoisotopic (exact) mass is 508 g/mol. The molecule has 3 aromatic heterocycles. The topological polar surface area (TPSA) is 88.5 Å². The van der Waals surface area contributed by atoms with Crippen LogP contribution in [0.1, 0.15) is 44.3 Å². The van der Waals surface area contributed by atoms with Gasteiger partial charge in [-0.3, -0.25) is 10.1 Å². The Labute approximate surface area is 208 Å². The second kappa shape index (κ2) is 8.87. The number of carboxylic acids is 1. The van der Waals surface area contributed by atoms with E-state index in [0.29, 0.717) is 29.1 Å². The number of hydrogen-bond acceptors (Lipinski definition) is 7. The molecule has 1 aromatic carbocycles. The smallest absolute Gasteiger partial charge is 0.412 e. The molecule has 34 heavy (non-hydrogen) atoms. The average Bonchev–Trinajstić information content (AvgIpc) is 3.25. The van der Waals surface area contributed by atoms with Crippen LogP contribution in [0.25, 0.3) is 9.40 Å². The predicted molar refractivity (Wildman–Crippen MR) is 136 cm³/mol. The van der Waals surface area contributed by atoms with Gasteiger partial charge in [0.25, 0.3) is 0 Å². The van der Waals surface area contributed by atoms with Crippen LogP contribution in [0.5, 0.6) is 0 Å². The van der Waals surface area contributed by atoms with E-state index in [1.807, 2.05) is 50.2 Å². The van der Waals surface area contributed by atoms with Crippen molar-refractivity contribution in [2.24, 2.45) is 0 Å². The molecule has 0 unspecified atom stereocenters. The van der Waals surface area contributed by atoms with Crippen molar-refractivity contribution in [3.05, 3.63) is 67.9 Å². The molecule has 0 radical (unpaired) electrons. The second-order valence-electron chi connectivity index (χ2n) is 8.19. The SMILES string of the molecule is Cc1ccccc1COC(=O)Nc1c(C)nsc1C#Cc1cc2sc(C3(C(=O)O)CC3)cc2s1. The van der Waals surface area contributed by atoms with Crippen molar-refractivity contribution in [1.29, 1.82) is 0 Å². The van der Waals surface area contributed by atoms with Crippen molar-refractivity contribution in [2.75, 3.05) is 5.32 Å². The molecule has 0 saturated heterocycles. The number of carboxylic acid groups (broad SMARTS) is 1. The molecule has 0 aliphatic heterocycles. The quantitative estimate of drug-likeness (QED) is 0.309. The fourth-order valence-electron chi connectivity index (χ4n) is 3.60. The summed E-state index contributed by atoms with van der Waals surface area (Å²) in [6, 6.07) is 11.7. The summed E-state index contributed by atoms with van der Waals surface area (Å²) in [7, 11) is 0. The van der Waals surface area contributed by atoms with E-state index in [0.717, 1.165) is 30.3 Å². The largest absolute Gasteiger partial charge is 0.481 e. The minimum Gasteiger partial charge on any atom is -0.481 e. The lowest BCUT2D eigenvalue weighted by Gasteiger charge is -2.08. The number of nitrogens with zero attached hydrogens (tertiary/aromatic N) is 1.